The van der Waals surface area contributed by atoms with Gasteiger partial charge in [-0.15, -0.1) is 0 Å². The van der Waals surface area contributed by atoms with Crippen LogP contribution >= 0.6 is 0 Å². The summed E-state index contributed by atoms with van der Waals surface area (Å²) in [6.07, 6.45) is -2.37. The van der Waals surface area contributed by atoms with E-state index in [0.29, 0.717) is 18.4 Å². The zero-order chi connectivity index (χ0) is 20.6. The Morgan fingerprint density at radius 2 is 1.96 bits per heavy atom. The number of rotatable bonds is 2. The first-order valence-electron chi connectivity index (χ1n) is 9.48. The second-order valence-electron chi connectivity index (χ2n) is 8.66. The van der Waals surface area contributed by atoms with Crippen LogP contribution in [-0.4, -0.2) is 64.1 Å². The summed E-state index contributed by atoms with van der Waals surface area (Å²) < 4.78 is 22.5. The van der Waals surface area contributed by atoms with E-state index >= 15 is 0 Å². The van der Waals surface area contributed by atoms with Gasteiger partial charge in [0.25, 0.3) is 0 Å². The number of carbonyl (C=O) groups excluding carboxylic acids is 2. The fourth-order valence-electron chi connectivity index (χ4n) is 4.57. The van der Waals surface area contributed by atoms with Crippen molar-refractivity contribution in [3.63, 3.8) is 0 Å². The van der Waals surface area contributed by atoms with Gasteiger partial charge in [0.05, 0.1) is 17.1 Å². The maximum atomic E-state index is 12.8. The van der Waals surface area contributed by atoms with Crippen molar-refractivity contribution in [3.8, 4) is 0 Å². The Bertz CT molecular complexity index is 789. The molecule has 0 spiro atoms. The highest BCUT2D eigenvalue weighted by Gasteiger charge is 2.74. The van der Waals surface area contributed by atoms with Gasteiger partial charge >= 0.3 is 11.9 Å². The molecule has 0 radical (unpaired) electrons. The maximum absolute atomic E-state index is 12.8. The lowest BCUT2D eigenvalue weighted by atomic mass is 9.72. The molecule has 8 heteroatoms. The first-order chi connectivity index (χ1) is 13.0. The predicted octanol–water partition coefficient (Wildman–Crippen LogP) is 0.752. The number of ether oxygens (including phenoxy) is 4. The van der Waals surface area contributed by atoms with Gasteiger partial charge in [-0.3, -0.25) is 0 Å². The Hall–Kier alpha value is -1.74. The molecule has 8 atom stereocenters. The van der Waals surface area contributed by atoms with E-state index in [0.717, 1.165) is 0 Å². The lowest BCUT2D eigenvalue weighted by Crippen LogP contribution is -2.58. The number of hydrogen-bond acceptors (Lipinski definition) is 8. The van der Waals surface area contributed by atoms with Gasteiger partial charge in [-0.2, -0.15) is 0 Å². The van der Waals surface area contributed by atoms with Crippen LogP contribution in [0.3, 0.4) is 0 Å². The lowest BCUT2D eigenvalue weighted by molar-refractivity contribution is -0.208. The molecule has 3 heterocycles. The largest absolute Gasteiger partial charge is 0.455 e. The van der Waals surface area contributed by atoms with Crippen LogP contribution in [0.15, 0.2) is 23.8 Å². The van der Waals surface area contributed by atoms with E-state index in [-0.39, 0.29) is 11.7 Å². The summed E-state index contributed by atoms with van der Waals surface area (Å²) in [5, 5.41) is 21.7. The molecule has 2 N–H and O–H groups in total. The Kier molecular flexibility index (Phi) is 4.11. The highest BCUT2D eigenvalue weighted by Crippen LogP contribution is 2.58. The molecule has 0 aromatic carbocycles. The molecule has 3 aliphatic heterocycles. The summed E-state index contributed by atoms with van der Waals surface area (Å²) in [5.41, 5.74) is -3.28. The zero-order valence-corrected chi connectivity index (χ0v) is 16.4. The quantitative estimate of drug-likeness (QED) is 0.305. The van der Waals surface area contributed by atoms with Crippen molar-refractivity contribution in [1.29, 1.82) is 0 Å². The van der Waals surface area contributed by atoms with E-state index in [9.17, 15) is 19.8 Å². The second kappa shape index (κ2) is 5.89. The number of aliphatic hydroxyl groups excluding tert-OH is 2. The SMILES string of the molecule is C=C1C(=O)O[C@@H]2[C@]3(C)CC/C=C(/C)[C@@H](O)[C@@H](OC(=O)[C@]4(C)O[C@@H]4C)[C@@]12O[C@@H]3O. The fourth-order valence-corrected chi connectivity index (χ4v) is 4.57. The second-order valence-corrected chi connectivity index (χ2v) is 8.66. The monoisotopic (exact) mass is 394 g/mol. The smallest absolute Gasteiger partial charge is 0.341 e. The molecule has 2 bridgehead atoms. The summed E-state index contributed by atoms with van der Waals surface area (Å²) in [5.74, 6) is -1.37. The van der Waals surface area contributed by atoms with Crippen molar-refractivity contribution >= 4 is 11.9 Å². The molecule has 8 nitrogen and oxygen atoms in total. The number of allylic oxidation sites excluding steroid dienone is 1. The maximum Gasteiger partial charge on any atom is 0.341 e. The Balaban J connectivity index is 1.83. The Morgan fingerprint density at radius 3 is 2.57 bits per heavy atom. The zero-order valence-electron chi connectivity index (χ0n) is 16.4. The third kappa shape index (κ3) is 2.32. The third-order valence-corrected chi connectivity index (χ3v) is 6.91. The number of hydrogen-bond donors (Lipinski definition) is 2. The van der Waals surface area contributed by atoms with Gasteiger partial charge < -0.3 is 29.2 Å². The van der Waals surface area contributed by atoms with Gasteiger partial charge in [0.1, 0.15) is 12.2 Å². The van der Waals surface area contributed by atoms with Crippen molar-refractivity contribution < 1.29 is 38.7 Å². The molecule has 154 valence electrons. The standard InChI is InChI=1S/C20H26O8/c1-9-7-6-8-18(4)15-20(28-16(18)23,10(2)14(22)26-15)13(12(9)21)25-17(24)19(5)11(3)27-19/h7,11-13,15-16,21,23H,2,6,8H2,1,3-5H3/b9-7-/t11-,12-,13-,15-,16+,18+,19-,20+/m1/s1. The summed E-state index contributed by atoms with van der Waals surface area (Å²) >= 11 is 0. The molecule has 4 aliphatic rings. The molecule has 28 heavy (non-hydrogen) atoms. The lowest BCUT2D eigenvalue weighted by Gasteiger charge is -2.38. The summed E-state index contributed by atoms with van der Waals surface area (Å²) in [4.78, 5) is 25.2. The van der Waals surface area contributed by atoms with Gasteiger partial charge in [-0.1, -0.05) is 19.6 Å². The average molecular weight is 394 g/mol. The molecule has 4 rings (SSSR count). The molecular formula is C20H26O8. The fraction of sp³-hybridized carbons (Fsp3) is 0.700. The minimum absolute atomic E-state index is 0.0817. The van der Waals surface area contributed by atoms with Gasteiger partial charge in [-0.25, -0.2) is 9.59 Å². The number of epoxide rings is 1. The van der Waals surface area contributed by atoms with Crippen LogP contribution in [0.25, 0.3) is 0 Å². The van der Waals surface area contributed by atoms with Crippen molar-refractivity contribution in [2.45, 2.75) is 82.4 Å². The van der Waals surface area contributed by atoms with Gasteiger partial charge in [0, 0.05) is 0 Å². The van der Waals surface area contributed by atoms with Crippen molar-refractivity contribution in [2.24, 2.45) is 5.41 Å². The van der Waals surface area contributed by atoms with E-state index in [1.165, 1.54) is 0 Å². The minimum Gasteiger partial charge on any atom is -0.455 e. The van der Waals surface area contributed by atoms with Gasteiger partial charge in [0.2, 0.25) is 0 Å². The molecule has 3 saturated heterocycles. The first kappa shape index (κ1) is 19.6. The van der Waals surface area contributed by atoms with E-state index in [1.807, 2.05) is 6.08 Å². The van der Waals surface area contributed by atoms with Crippen LogP contribution in [0.4, 0.5) is 0 Å². The molecule has 0 amide bonds. The van der Waals surface area contributed by atoms with Crippen LogP contribution in [0, 0.1) is 5.41 Å². The molecule has 3 fully saturated rings. The third-order valence-electron chi connectivity index (χ3n) is 6.91. The van der Waals surface area contributed by atoms with E-state index in [4.69, 9.17) is 18.9 Å². The van der Waals surface area contributed by atoms with Gasteiger partial charge in [0.15, 0.2) is 23.6 Å². The van der Waals surface area contributed by atoms with Crippen molar-refractivity contribution in [3.05, 3.63) is 23.8 Å². The van der Waals surface area contributed by atoms with Crippen LogP contribution in [0.1, 0.15) is 40.5 Å². The number of aliphatic hydroxyl groups is 2. The first-order valence-corrected chi connectivity index (χ1v) is 9.48. The minimum atomic E-state index is -1.69. The normalized spacial score (nSPS) is 51.9. The van der Waals surface area contributed by atoms with E-state index < -0.39 is 53.2 Å². The van der Waals surface area contributed by atoms with Crippen molar-refractivity contribution in [1.82, 2.24) is 0 Å². The Morgan fingerprint density at radius 1 is 1.32 bits per heavy atom. The highest BCUT2D eigenvalue weighted by molar-refractivity contribution is 5.94. The Labute approximate surface area is 163 Å². The molecule has 0 saturated carbocycles. The molecule has 0 aromatic heterocycles. The van der Waals surface area contributed by atoms with Crippen LogP contribution in [0.2, 0.25) is 0 Å². The molecular weight excluding hydrogens is 368 g/mol. The van der Waals surface area contributed by atoms with Crippen LogP contribution in [-0.2, 0) is 28.5 Å². The molecule has 0 unspecified atom stereocenters. The summed E-state index contributed by atoms with van der Waals surface area (Å²) in [7, 11) is 0. The number of esters is 2. The molecule has 0 aromatic rings. The highest BCUT2D eigenvalue weighted by atomic mass is 16.7. The number of carbonyl (C=O) groups is 2. The van der Waals surface area contributed by atoms with Gasteiger partial charge in [-0.05, 0) is 39.2 Å². The van der Waals surface area contributed by atoms with E-state index in [1.54, 1.807) is 27.7 Å². The molecule has 1 aliphatic carbocycles. The predicted molar refractivity (Wildman–Crippen MR) is 94.8 cm³/mol. The summed E-state index contributed by atoms with van der Waals surface area (Å²) in [6, 6.07) is 0. The van der Waals surface area contributed by atoms with Crippen LogP contribution in [0.5, 0.6) is 0 Å². The average Bonchev–Trinajstić information content (AvgIpc) is 3.10. The van der Waals surface area contributed by atoms with E-state index in [2.05, 4.69) is 6.58 Å². The topological polar surface area (TPSA) is 115 Å². The van der Waals surface area contributed by atoms with Crippen molar-refractivity contribution in [2.75, 3.05) is 0 Å². The summed E-state index contributed by atoms with van der Waals surface area (Å²) in [6.45, 7) is 10.6. The van der Waals surface area contributed by atoms with Crippen LogP contribution < -0.4 is 0 Å².